The minimum Gasteiger partial charge on any atom is -0.489 e. The molecule has 36 heavy (non-hydrogen) atoms. The first-order chi connectivity index (χ1) is 17.2. The van der Waals surface area contributed by atoms with E-state index in [4.69, 9.17) is 10.5 Å². The highest BCUT2D eigenvalue weighted by atomic mass is 19.1. The molecule has 2 aromatic carbocycles. The van der Waals surface area contributed by atoms with E-state index in [1.54, 1.807) is 29.2 Å². The van der Waals surface area contributed by atoms with Crippen molar-refractivity contribution in [1.82, 2.24) is 10.2 Å². The monoisotopic (exact) mass is 496 g/mol. The van der Waals surface area contributed by atoms with Crippen LogP contribution >= 0.6 is 0 Å². The van der Waals surface area contributed by atoms with Gasteiger partial charge in [-0.05, 0) is 55.5 Å². The Morgan fingerprint density at radius 2 is 1.92 bits per heavy atom. The predicted molar refractivity (Wildman–Crippen MR) is 124 cm³/mol. The van der Waals surface area contributed by atoms with Gasteiger partial charge in [-0.3, -0.25) is 14.4 Å². The molecular weight excluding hydrogens is 470 g/mol. The Labute approximate surface area is 207 Å². The summed E-state index contributed by atoms with van der Waals surface area (Å²) in [5.41, 5.74) is 5.42. The summed E-state index contributed by atoms with van der Waals surface area (Å²) in [4.78, 5) is 39.0. The SMILES string of the molecule is N#C[C@H](CC(N)=O)NC(=O)[C@@H]1CCCN1C(=O)C1(c2ccc(OCc3ccc(F)cc3F)cc2)CC1. The van der Waals surface area contributed by atoms with Crippen LogP contribution in [0, 0.1) is 23.0 Å². The molecule has 1 saturated carbocycles. The number of nitrogens with zero attached hydrogens (tertiary/aromatic N) is 2. The molecule has 0 aromatic heterocycles. The highest BCUT2D eigenvalue weighted by molar-refractivity contribution is 5.96. The van der Waals surface area contributed by atoms with E-state index in [1.165, 1.54) is 6.07 Å². The minimum atomic E-state index is -1.04. The number of hydrogen-bond acceptors (Lipinski definition) is 5. The van der Waals surface area contributed by atoms with Gasteiger partial charge in [0.25, 0.3) is 0 Å². The van der Waals surface area contributed by atoms with Crippen LogP contribution in [0.5, 0.6) is 5.75 Å². The molecule has 1 heterocycles. The lowest BCUT2D eigenvalue weighted by Crippen LogP contribution is -2.51. The maximum absolute atomic E-state index is 13.8. The van der Waals surface area contributed by atoms with Gasteiger partial charge in [0.15, 0.2) is 0 Å². The molecule has 4 rings (SSSR count). The number of nitrogens with two attached hydrogens (primary N) is 1. The third-order valence-electron chi connectivity index (χ3n) is 6.67. The van der Waals surface area contributed by atoms with E-state index in [-0.39, 0.29) is 24.5 Å². The topological polar surface area (TPSA) is 126 Å². The molecule has 1 aliphatic carbocycles. The summed E-state index contributed by atoms with van der Waals surface area (Å²) in [5, 5.41) is 11.7. The number of likely N-dealkylation sites (tertiary alicyclic amines) is 1. The summed E-state index contributed by atoms with van der Waals surface area (Å²) in [5.74, 6) is -2.19. The molecule has 3 N–H and O–H groups in total. The molecule has 2 atom stereocenters. The van der Waals surface area contributed by atoms with Gasteiger partial charge in [-0.25, -0.2) is 8.78 Å². The number of hydrogen-bond donors (Lipinski definition) is 2. The predicted octanol–water partition coefficient (Wildman–Crippen LogP) is 2.45. The Morgan fingerprint density at radius 3 is 2.53 bits per heavy atom. The number of nitrogens with one attached hydrogen (secondary N) is 1. The molecule has 2 fully saturated rings. The van der Waals surface area contributed by atoms with Gasteiger partial charge in [0.05, 0.1) is 17.9 Å². The van der Waals surface area contributed by atoms with Crippen LogP contribution in [0.25, 0.3) is 0 Å². The number of rotatable bonds is 9. The van der Waals surface area contributed by atoms with Crippen LogP contribution in [0.4, 0.5) is 8.78 Å². The largest absolute Gasteiger partial charge is 0.489 e. The quantitative estimate of drug-likeness (QED) is 0.552. The number of ether oxygens (including phenoxy) is 1. The third-order valence-corrected chi connectivity index (χ3v) is 6.67. The van der Waals surface area contributed by atoms with E-state index in [0.29, 0.717) is 38.0 Å². The Kier molecular flexibility index (Phi) is 7.20. The van der Waals surface area contributed by atoms with Crippen LogP contribution in [0.15, 0.2) is 42.5 Å². The molecule has 2 aliphatic rings. The zero-order valence-electron chi connectivity index (χ0n) is 19.5. The van der Waals surface area contributed by atoms with Crippen molar-refractivity contribution < 1.29 is 27.9 Å². The van der Waals surface area contributed by atoms with E-state index in [1.807, 2.05) is 6.07 Å². The van der Waals surface area contributed by atoms with Crippen molar-refractivity contribution in [2.45, 2.75) is 56.2 Å². The summed E-state index contributed by atoms with van der Waals surface area (Å²) >= 11 is 0. The molecule has 0 spiro atoms. The molecule has 188 valence electrons. The number of halogens is 2. The second-order valence-corrected chi connectivity index (χ2v) is 9.15. The van der Waals surface area contributed by atoms with Gasteiger partial charge in [0, 0.05) is 18.2 Å². The average Bonchev–Trinajstić information content (AvgIpc) is 3.51. The molecule has 2 aromatic rings. The molecule has 1 saturated heterocycles. The number of carbonyl (C=O) groups is 3. The summed E-state index contributed by atoms with van der Waals surface area (Å²) in [7, 11) is 0. The van der Waals surface area contributed by atoms with Crippen molar-refractivity contribution >= 4 is 17.7 Å². The van der Waals surface area contributed by atoms with Gasteiger partial charge in [0.1, 0.15) is 36.1 Å². The van der Waals surface area contributed by atoms with Crippen LogP contribution in [-0.2, 0) is 26.4 Å². The maximum atomic E-state index is 13.8. The lowest BCUT2D eigenvalue weighted by Gasteiger charge is -2.29. The fourth-order valence-corrected chi connectivity index (χ4v) is 4.58. The van der Waals surface area contributed by atoms with E-state index >= 15 is 0 Å². The van der Waals surface area contributed by atoms with Gasteiger partial charge in [0.2, 0.25) is 17.7 Å². The normalized spacial score (nSPS) is 18.7. The van der Waals surface area contributed by atoms with Crippen molar-refractivity contribution in [3.63, 3.8) is 0 Å². The fourth-order valence-electron chi connectivity index (χ4n) is 4.58. The van der Waals surface area contributed by atoms with Gasteiger partial charge < -0.3 is 20.7 Å². The lowest BCUT2D eigenvalue weighted by molar-refractivity contribution is -0.140. The molecule has 3 amide bonds. The number of carbonyl (C=O) groups excluding carboxylic acids is 3. The first-order valence-electron chi connectivity index (χ1n) is 11.7. The number of primary amides is 1. The molecule has 8 nitrogen and oxygen atoms in total. The summed E-state index contributed by atoms with van der Waals surface area (Å²) in [6.07, 6.45) is 2.10. The number of benzene rings is 2. The molecule has 0 unspecified atom stereocenters. The first kappa shape index (κ1) is 25.1. The number of amides is 3. The van der Waals surface area contributed by atoms with Crippen LogP contribution in [0.1, 0.15) is 43.2 Å². The van der Waals surface area contributed by atoms with Gasteiger partial charge in [-0.2, -0.15) is 5.26 Å². The van der Waals surface area contributed by atoms with Crippen LogP contribution < -0.4 is 15.8 Å². The van der Waals surface area contributed by atoms with E-state index in [0.717, 1.165) is 17.7 Å². The summed E-state index contributed by atoms with van der Waals surface area (Å²) < 4.78 is 32.5. The van der Waals surface area contributed by atoms with Gasteiger partial charge in [-0.1, -0.05) is 12.1 Å². The second kappa shape index (κ2) is 10.3. The Bertz CT molecular complexity index is 1210. The highest BCUT2D eigenvalue weighted by Crippen LogP contribution is 2.50. The fraction of sp³-hybridized carbons (Fsp3) is 0.385. The molecular formula is C26H26F2N4O4. The zero-order valence-corrected chi connectivity index (χ0v) is 19.5. The van der Waals surface area contributed by atoms with Crippen molar-refractivity contribution in [3.8, 4) is 11.8 Å². The van der Waals surface area contributed by atoms with Crippen molar-refractivity contribution in [2.75, 3.05) is 6.54 Å². The Hall–Kier alpha value is -4.00. The van der Waals surface area contributed by atoms with Crippen molar-refractivity contribution in [2.24, 2.45) is 5.73 Å². The smallest absolute Gasteiger partial charge is 0.243 e. The van der Waals surface area contributed by atoms with E-state index in [2.05, 4.69) is 5.32 Å². The molecule has 0 bridgehead atoms. The molecule has 1 aliphatic heterocycles. The van der Waals surface area contributed by atoms with E-state index < -0.39 is 40.9 Å². The van der Waals surface area contributed by atoms with Gasteiger partial charge >= 0.3 is 0 Å². The first-order valence-corrected chi connectivity index (χ1v) is 11.7. The second-order valence-electron chi connectivity index (χ2n) is 9.15. The Morgan fingerprint density at radius 1 is 1.19 bits per heavy atom. The summed E-state index contributed by atoms with van der Waals surface area (Å²) in [6.45, 7) is 0.357. The summed E-state index contributed by atoms with van der Waals surface area (Å²) in [6, 6.07) is 10.3. The number of nitriles is 1. The van der Waals surface area contributed by atoms with Crippen molar-refractivity contribution in [1.29, 1.82) is 5.26 Å². The zero-order chi connectivity index (χ0) is 25.9. The minimum absolute atomic E-state index is 0.0699. The third kappa shape index (κ3) is 5.30. The molecule has 0 radical (unpaired) electrons. The van der Waals surface area contributed by atoms with Crippen LogP contribution in [0.3, 0.4) is 0 Å². The van der Waals surface area contributed by atoms with Crippen molar-refractivity contribution in [3.05, 3.63) is 65.2 Å². The standard InChI is InChI=1S/C26H26F2N4O4/c27-18-6-3-16(21(28)12-18)15-36-20-7-4-17(5-8-20)26(9-10-26)25(35)32-11-1-2-22(32)24(34)31-19(14-29)13-23(30)33/h3-8,12,19,22H,1-2,9-11,13,15H2,(H2,30,33)(H,31,34)/t19-,22-/m0/s1. The highest BCUT2D eigenvalue weighted by Gasteiger charge is 2.55. The lowest BCUT2D eigenvalue weighted by atomic mass is 9.93. The average molecular weight is 497 g/mol. The van der Waals surface area contributed by atoms with Crippen LogP contribution in [-0.4, -0.2) is 41.2 Å². The Balaban J connectivity index is 1.41. The van der Waals surface area contributed by atoms with Gasteiger partial charge in [-0.15, -0.1) is 0 Å². The maximum Gasteiger partial charge on any atom is 0.243 e. The van der Waals surface area contributed by atoms with Crippen LogP contribution in [0.2, 0.25) is 0 Å². The van der Waals surface area contributed by atoms with E-state index in [9.17, 15) is 28.4 Å². The molecule has 10 heteroatoms.